The lowest BCUT2D eigenvalue weighted by Gasteiger charge is -2.19. The summed E-state index contributed by atoms with van der Waals surface area (Å²) in [6.45, 7) is 2.26. The second kappa shape index (κ2) is 12.7. The Hall–Kier alpha value is -3.30. The summed E-state index contributed by atoms with van der Waals surface area (Å²) >= 11 is 23.7. The first kappa shape index (κ1) is 28.7. The summed E-state index contributed by atoms with van der Waals surface area (Å²) in [5, 5.41) is 1.56. The number of amides is 1. The summed E-state index contributed by atoms with van der Waals surface area (Å²) in [6.07, 6.45) is 1.64. The average Bonchev–Trinajstić information content (AvgIpc) is 3.14. The van der Waals surface area contributed by atoms with Gasteiger partial charge in [0.25, 0.3) is 5.91 Å². The van der Waals surface area contributed by atoms with Gasteiger partial charge in [-0.3, -0.25) is 14.5 Å². The fraction of sp³-hybridized carbons (Fsp3) is 0.179. The third-order valence-corrected chi connectivity index (χ3v) is 7.08. The Bertz CT molecular complexity index is 1450. The average molecular weight is 606 g/mol. The standard InChI is InChI=1S/C28H23Cl3N2O5S/c1-3-37-25-14-17(5-11-24(25)38-16-18-4-10-21(30)22(31)12-18)13-23-27(35)33(20-8-6-19(29)7-9-20)28(39)32(23)15-26(34)36-2/h4-14H,3,15-16H2,1-2H3/b23-13-. The summed E-state index contributed by atoms with van der Waals surface area (Å²) in [6, 6.07) is 17.2. The van der Waals surface area contributed by atoms with Crippen LogP contribution in [0.2, 0.25) is 15.1 Å². The molecule has 3 aromatic carbocycles. The number of methoxy groups -OCH3 is 1. The molecule has 0 radical (unpaired) electrons. The molecule has 11 heteroatoms. The van der Waals surface area contributed by atoms with E-state index < -0.39 is 11.9 Å². The molecule has 0 unspecified atom stereocenters. The van der Waals surface area contributed by atoms with Crippen molar-refractivity contribution in [3.05, 3.63) is 92.6 Å². The Kier molecular flexibility index (Phi) is 9.35. The zero-order chi connectivity index (χ0) is 28.1. The van der Waals surface area contributed by atoms with Gasteiger partial charge >= 0.3 is 5.97 Å². The Morgan fingerprint density at radius 3 is 2.36 bits per heavy atom. The van der Waals surface area contributed by atoms with E-state index in [9.17, 15) is 9.59 Å². The van der Waals surface area contributed by atoms with Gasteiger partial charge in [-0.2, -0.15) is 0 Å². The normalized spacial score (nSPS) is 14.2. The lowest BCUT2D eigenvalue weighted by atomic mass is 10.1. The molecule has 4 rings (SSSR count). The van der Waals surface area contributed by atoms with Crippen LogP contribution < -0.4 is 14.4 Å². The van der Waals surface area contributed by atoms with Crippen molar-refractivity contribution in [2.24, 2.45) is 0 Å². The summed E-state index contributed by atoms with van der Waals surface area (Å²) in [5.41, 5.74) is 2.20. The second-order valence-corrected chi connectivity index (χ2v) is 9.88. The van der Waals surface area contributed by atoms with E-state index in [1.165, 1.54) is 16.9 Å². The monoisotopic (exact) mass is 604 g/mol. The molecular weight excluding hydrogens is 583 g/mol. The predicted octanol–water partition coefficient (Wildman–Crippen LogP) is 6.77. The highest BCUT2D eigenvalue weighted by Gasteiger charge is 2.40. The van der Waals surface area contributed by atoms with Crippen molar-refractivity contribution in [3.8, 4) is 11.5 Å². The number of nitrogens with zero attached hydrogens (tertiary/aromatic N) is 2. The highest BCUT2D eigenvalue weighted by atomic mass is 35.5. The van der Waals surface area contributed by atoms with Crippen LogP contribution in [0.4, 0.5) is 5.69 Å². The molecule has 0 N–H and O–H groups in total. The number of hydrogen-bond donors (Lipinski definition) is 0. The topological polar surface area (TPSA) is 68.3 Å². The van der Waals surface area contributed by atoms with E-state index in [1.807, 2.05) is 13.0 Å². The molecule has 1 amide bonds. The molecule has 1 aliphatic rings. The molecule has 0 spiro atoms. The number of carbonyl (C=O) groups is 2. The molecule has 1 aliphatic heterocycles. The van der Waals surface area contributed by atoms with E-state index in [2.05, 4.69) is 0 Å². The lowest BCUT2D eigenvalue weighted by molar-refractivity contribution is -0.140. The van der Waals surface area contributed by atoms with Crippen molar-refractivity contribution in [1.82, 2.24) is 4.90 Å². The summed E-state index contributed by atoms with van der Waals surface area (Å²) < 4.78 is 16.6. The maximum Gasteiger partial charge on any atom is 0.325 e. The zero-order valence-corrected chi connectivity index (χ0v) is 24.0. The third kappa shape index (κ3) is 6.65. The van der Waals surface area contributed by atoms with E-state index in [4.69, 9.17) is 61.2 Å². The maximum atomic E-state index is 13.5. The van der Waals surface area contributed by atoms with E-state index >= 15 is 0 Å². The number of halogens is 3. The first-order valence-corrected chi connectivity index (χ1v) is 13.3. The molecule has 1 heterocycles. The fourth-order valence-corrected chi connectivity index (χ4v) is 4.59. The van der Waals surface area contributed by atoms with Gasteiger partial charge in [0.2, 0.25) is 0 Å². The van der Waals surface area contributed by atoms with Gasteiger partial charge in [0.15, 0.2) is 16.6 Å². The van der Waals surface area contributed by atoms with E-state index in [1.54, 1.807) is 60.7 Å². The first-order valence-electron chi connectivity index (χ1n) is 11.8. The second-order valence-electron chi connectivity index (χ2n) is 8.27. The zero-order valence-electron chi connectivity index (χ0n) is 20.9. The summed E-state index contributed by atoms with van der Waals surface area (Å²) in [7, 11) is 1.27. The van der Waals surface area contributed by atoms with Gasteiger partial charge in [-0.1, -0.05) is 46.9 Å². The number of anilines is 1. The van der Waals surface area contributed by atoms with E-state index in [0.717, 1.165) is 5.56 Å². The predicted molar refractivity (Wildman–Crippen MR) is 157 cm³/mol. The fourth-order valence-electron chi connectivity index (χ4n) is 3.79. The van der Waals surface area contributed by atoms with Gasteiger partial charge < -0.3 is 19.1 Å². The van der Waals surface area contributed by atoms with Crippen LogP contribution in [0.1, 0.15) is 18.1 Å². The Morgan fingerprint density at radius 1 is 0.949 bits per heavy atom. The van der Waals surface area contributed by atoms with Crippen molar-refractivity contribution in [3.63, 3.8) is 0 Å². The van der Waals surface area contributed by atoms with Gasteiger partial charge in [-0.25, -0.2) is 0 Å². The number of benzene rings is 3. The largest absolute Gasteiger partial charge is 0.490 e. The third-order valence-electron chi connectivity index (χ3n) is 5.68. The Balaban J connectivity index is 1.65. The molecule has 0 saturated carbocycles. The number of rotatable bonds is 9. The molecule has 7 nitrogen and oxygen atoms in total. The number of hydrogen-bond acceptors (Lipinski definition) is 6. The van der Waals surface area contributed by atoms with Gasteiger partial charge in [0, 0.05) is 5.02 Å². The van der Waals surface area contributed by atoms with Crippen molar-refractivity contribution < 1.29 is 23.8 Å². The molecule has 0 atom stereocenters. The molecule has 0 aliphatic carbocycles. The molecular formula is C28H23Cl3N2O5S. The van der Waals surface area contributed by atoms with Gasteiger partial charge in [0.1, 0.15) is 18.8 Å². The van der Waals surface area contributed by atoms with Crippen LogP contribution in [0.25, 0.3) is 6.08 Å². The minimum absolute atomic E-state index is 0.144. The van der Waals surface area contributed by atoms with Crippen LogP contribution in [0.15, 0.2) is 66.4 Å². The first-order chi connectivity index (χ1) is 18.7. The molecule has 0 bridgehead atoms. The number of ether oxygens (including phenoxy) is 3. The van der Waals surface area contributed by atoms with Gasteiger partial charge in [0.05, 0.1) is 29.4 Å². The minimum atomic E-state index is -0.546. The smallest absolute Gasteiger partial charge is 0.325 e. The highest BCUT2D eigenvalue weighted by Crippen LogP contribution is 2.34. The SMILES string of the molecule is CCOc1cc(/C=C2/C(=O)N(c3ccc(Cl)cc3)C(=S)N2CC(=O)OC)ccc1OCc1ccc(Cl)c(Cl)c1. The van der Waals surface area contributed by atoms with Crippen LogP contribution in [0.5, 0.6) is 11.5 Å². The highest BCUT2D eigenvalue weighted by molar-refractivity contribution is 7.80. The summed E-state index contributed by atoms with van der Waals surface area (Å²) in [4.78, 5) is 28.5. The van der Waals surface area contributed by atoms with Crippen molar-refractivity contribution in [2.75, 3.05) is 25.2 Å². The van der Waals surface area contributed by atoms with Crippen LogP contribution >= 0.6 is 47.0 Å². The van der Waals surface area contributed by atoms with Crippen LogP contribution in [0.3, 0.4) is 0 Å². The molecule has 1 fully saturated rings. The Labute approximate surface area is 246 Å². The van der Waals surface area contributed by atoms with Crippen molar-refractivity contribution in [1.29, 1.82) is 0 Å². The van der Waals surface area contributed by atoms with Crippen LogP contribution in [0, 0.1) is 0 Å². The van der Waals surface area contributed by atoms with E-state index in [-0.39, 0.29) is 24.0 Å². The quantitative estimate of drug-likeness (QED) is 0.151. The molecule has 0 aromatic heterocycles. The number of thiocarbonyl (C=S) groups is 1. The van der Waals surface area contributed by atoms with Gasteiger partial charge in [-0.15, -0.1) is 0 Å². The maximum absolute atomic E-state index is 13.5. The van der Waals surface area contributed by atoms with Crippen LogP contribution in [-0.2, 0) is 20.9 Å². The Morgan fingerprint density at radius 2 is 1.69 bits per heavy atom. The summed E-state index contributed by atoms with van der Waals surface area (Å²) in [5.74, 6) is 0.0424. The molecule has 202 valence electrons. The number of carbonyl (C=O) groups excluding carboxylic acids is 2. The molecule has 3 aromatic rings. The van der Waals surface area contributed by atoms with Crippen molar-refractivity contribution >= 4 is 75.8 Å². The van der Waals surface area contributed by atoms with Crippen molar-refractivity contribution in [2.45, 2.75) is 13.5 Å². The lowest BCUT2D eigenvalue weighted by Crippen LogP contribution is -2.35. The molecule has 1 saturated heterocycles. The van der Waals surface area contributed by atoms with E-state index in [0.29, 0.717) is 44.4 Å². The van der Waals surface area contributed by atoms with Gasteiger partial charge in [-0.05, 0) is 84.9 Å². The minimum Gasteiger partial charge on any atom is -0.490 e. The molecule has 39 heavy (non-hydrogen) atoms. The number of esters is 1. The van der Waals surface area contributed by atoms with Crippen LogP contribution in [-0.4, -0.2) is 42.2 Å².